The Morgan fingerprint density at radius 2 is 2.06 bits per heavy atom. The number of anilines is 1. The maximum Gasteiger partial charge on any atom is 0.183 e. The third-order valence-electron chi connectivity index (χ3n) is 2.47. The summed E-state index contributed by atoms with van der Waals surface area (Å²) in [5.41, 5.74) is -0.195. The van der Waals surface area contributed by atoms with Crippen molar-refractivity contribution < 1.29 is 8.78 Å². The fourth-order valence-corrected chi connectivity index (χ4v) is 2.26. The molecule has 0 aliphatic rings. The summed E-state index contributed by atoms with van der Waals surface area (Å²) in [4.78, 5) is 1.18. The van der Waals surface area contributed by atoms with Crippen molar-refractivity contribution >= 4 is 17.0 Å². The van der Waals surface area contributed by atoms with Crippen LogP contribution in [0.1, 0.15) is 10.4 Å². The lowest BCUT2D eigenvalue weighted by Gasteiger charge is -2.07. The fraction of sp³-hybridized carbons (Fsp3) is 0.154. The molecule has 0 spiro atoms. The Morgan fingerprint density at radius 1 is 1.22 bits per heavy atom. The molecular formula is C13H10F2N2S. The molecule has 0 bridgehead atoms. The largest absolute Gasteiger partial charge is 0.382 e. The predicted octanol–water partition coefficient (Wildman–Crippen LogP) is 3.55. The van der Waals surface area contributed by atoms with Gasteiger partial charge in [-0.05, 0) is 30.0 Å². The third-order valence-corrected chi connectivity index (χ3v) is 3.41. The van der Waals surface area contributed by atoms with Crippen molar-refractivity contribution in [1.82, 2.24) is 0 Å². The summed E-state index contributed by atoms with van der Waals surface area (Å²) in [5.74, 6) is -2.10. The van der Waals surface area contributed by atoms with E-state index in [1.165, 1.54) is 17.0 Å². The summed E-state index contributed by atoms with van der Waals surface area (Å²) < 4.78 is 26.9. The first-order valence-electron chi connectivity index (χ1n) is 5.36. The van der Waals surface area contributed by atoms with E-state index in [2.05, 4.69) is 5.32 Å². The van der Waals surface area contributed by atoms with E-state index in [1.54, 1.807) is 17.4 Å². The first-order chi connectivity index (χ1) is 8.72. The molecule has 2 aromatic rings. The molecule has 92 valence electrons. The molecule has 1 aromatic carbocycles. The van der Waals surface area contributed by atoms with Crippen LogP contribution in [0, 0.1) is 23.0 Å². The van der Waals surface area contributed by atoms with Crippen LogP contribution in [0.25, 0.3) is 0 Å². The molecule has 2 rings (SSSR count). The van der Waals surface area contributed by atoms with Crippen molar-refractivity contribution in [3.05, 3.63) is 51.7 Å². The molecule has 0 radical (unpaired) electrons. The zero-order valence-corrected chi connectivity index (χ0v) is 10.2. The van der Waals surface area contributed by atoms with Gasteiger partial charge in [-0.15, -0.1) is 11.3 Å². The van der Waals surface area contributed by atoms with Crippen LogP contribution in [0.4, 0.5) is 14.5 Å². The molecule has 0 amide bonds. The summed E-state index contributed by atoms with van der Waals surface area (Å²) in [7, 11) is 0. The van der Waals surface area contributed by atoms with E-state index in [9.17, 15) is 8.78 Å². The number of hydrogen-bond donors (Lipinski definition) is 1. The standard InChI is InChI=1S/C13H10F2N2S/c14-12-9(8-16)3-4-11(13(12)15)17-6-5-10-2-1-7-18-10/h1-4,7,17H,5-6H2. The van der Waals surface area contributed by atoms with Gasteiger partial charge in [0.2, 0.25) is 0 Å². The number of rotatable bonds is 4. The second-order valence-electron chi connectivity index (χ2n) is 3.66. The van der Waals surface area contributed by atoms with Crippen LogP contribution >= 0.6 is 11.3 Å². The van der Waals surface area contributed by atoms with Crippen LogP contribution in [-0.4, -0.2) is 6.54 Å². The van der Waals surface area contributed by atoms with Crippen molar-refractivity contribution in [3.63, 3.8) is 0 Å². The molecule has 1 aromatic heterocycles. The Morgan fingerprint density at radius 3 is 2.72 bits per heavy atom. The topological polar surface area (TPSA) is 35.8 Å². The lowest BCUT2D eigenvalue weighted by Crippen LogP contribution is -2.07. The number of nitrogens with zero attached hydrogens (tertiary/aromatic N) is 1. The zero-order chi connectivity index (χ0) is 13.0. The van der Waals surface area contributed by atoms with Crippen LogP contribution in [0.2, 0.25) is 0 Å². The van der Waals surface area contributed by atoms with Gasteiger partial charge in [0.1, 0.15) is 6.07 Å². The first kappa shape index (κ1) is 12.5. The minimum Gasteiger partial charge on any atom is -0.382 e. The van der Waals surface area contributed by atoms with Crippen LogP contribution in [0.5, 0.6) is 0 Å². The Labute approximate surface area is 107 Å². The highest BCUT2D eigenvalue weighted by Crippen LogP contribution is 2.20. The number of halogens is 2. The second kappa shape index (κ2) is 5.61. The minimum absolute atomic E-state index is 0.0862. The quantitative estimate of drug-likeness (QED) is 0.916. The smallest absolute Gasteiger partial charge is 0.183 e. The Balaban J connectivity index is 2.02. The molecular weight excluding hydrogens is 254 g/mol. The van der Waals surface area contributed by atoms with Crippen molar-refractivity contribution in [2.24, 2.45) is 0 Å². The van der Waals surface area contributed by atoms with Crippen molar-refractivity contribution in [1.29, 1.82) is 5.26 Å². The molecule has 0 fully saturated rings. The minimum atomic E-state index is -1.10. The number of benzene rings is 1. The number of hydrogen-bond acceptors (Lipinski definition) is 3. The monoisotopic (exact) mass is 264 g/mol. The van der Waals surface area contributed by atoms with Gasteiger partial charge in [-0.2, -0.15) is 5.26 Å². The fourth-order valence-electron chi connectivity index (χ4n) is 1.55. The van der Waals surface area contributed by atoms with Crippen LogP contribution in [-0.2, 0) is 6.42 Å². The van der Waals surface area contributed by atoms with Gasteiger partial charge in [0, 0.05) is 11.4 Å². The van der Waals surface area contributed by atoms with Gasteiger partial charge in [-0.1, -0.05) is 6.07 Å². The van der Waals surface area contributed by atoms with Gasteiger partial charge in [0.05, 0.1) is 11.3 Å². The molecule has 0 aliphatic carbocycles. The molecule has 0 atom stereocenters. The normalized spacial score (nSPS) is 10.1. The maximum absolute atomic E-state index is 13.5. The third kappa shape index (κ3) is 2.66. The first-order valence-corrected chi connectivity index (χ1v) is 6.24. The Kier molecular flexibility index (Phi) is 3.90. The lowest BCUT2D eigenvalue weighted by atomic mass is 10.2. The highest BCUT2D eigenvalue weighted by Gasteiger charge is 2.12. The summed E-state index contributed by atoms with van der Waals surface area (Å²) >= 11 is 1.62. The van der Waals surface area contributed by atoms with Crippen LogP contribution in [0.3, 0.4) is 0 Å². The average Bonchev–Trinajstić information content (AvgIpc) is 2.88. The molecule has 18 heavy (non-hydrogen) atoms. The summed E-state index contributed by atoms with van der Waals surface area (Å²) in [6.45, 7) is 0.517. The van der Waals surface area contributed by atoms with Gasteiger partial charge < -0.3 is 5.32 Å². The van der Waals surface area contributed by atoms with E-state index in [4.69, 9.17) is 5.26 Å². The SMILES string of the molecule is N#Cc1ccc(NCCc2cccs2)c(F)c1F. The molecule has 0 unspecified atom stereocenters. The van der Waals surface area contributed by atoms with Crippen LogP contribution < -0.4 is 5.32 Å². The molecule has 0 aliphatic heterocycles. The second-order valence-corrected chi connectivity index (χ2v) is 4.69. The van der Waals surface area contributed by atoms with E-state index in [0.717, 1.165) is 6.42 Å². The van der Waals surface area contributed by atoms with Crippen molar-refractivity contribution in [2.45, 2.75) is 6.42 Å². The Hall–Kier alpha value is -1.93. The summed E-state index contributed by atoms with van der Waals surface area (Å²) in [5, 5.41) is 13.4. The van der Waals surface area contributed by atoms with Gasteiger partial charge in [0.15, 0.2) is 11.6 Å². The predicted molar refractivity (Wildman–Crippen MR) is 67.6 cm³/mol. The molecule has 5 heteroatoms. The van der Waals surface area contributed by atoms with E-state index < -0.39 is 11.6 Å². The Bertz CT molecular complexity index is 573. The van der Waals surface area contributed by atoms with Crippen LogP contribution in [0.15, 0.2) is 29.6 Å². The molecule has 0 saturated heterocycles. The van der Waals surface area contributed by atoms with Gasteiger partial charge in [0.25, 0.3) is 0 Å². The van der Waals surface area contributed by atoms with Gasteiger partial charge in [-0.3, -0.25) is 0 Å². The van der Waals surface area contributed by atoms with Crippen molar-refractivity contribution in [3.8, 4) is 6.07 Å². The number of nitriles is 1. The lowest BCUT2D eigenvalue weighted by molar-refractivity contribution is 0.508. The van der Waals surface area contributed by atoms with Gasteiger partial charge in [-0.25, -0.2) is 8.78 Å². The number of nitrogens with one attached hydrogen (secondary N) is 1. The summed E-state index contributed by atoms with van der Waals surface area (Å²) in [6, 6.07) is 8.19. The highest BCUT2D eigenvalue weighted by atomic mass is 32.1. The van der Waals surface area contributed by atoms with Crippen molar-refractivity contribution in [2.75, 3.05) is 11.9 Å². The van der Waals surface area contributed by atoms with E-state index in [0.29, 0.717) is 6.54 Å². The molecule has 0 saturated carbocycles. The average molecular weight is 264 g/mol. The van der Waals surface area contributed by atoms with Gasteiger partial charge >= 0.3 is 0 Å². The molecule has 1 N–H and O–H groups in total. The summed E-state index contributed by atoms with van der Waals surface area (Å²) in [6.07, 6.45) is 0.749. The zero-order valence-electron chi connectivity index (χ0n) is 9.41. The molecule has 2 nitrogen and oxygen atoms in total. The van der Waals surface area contributed by atoms with E-state index in [-0.39, 0.29) is 11.3 Å². The molecule has 1 heterocycles. The highest BCUT2D eigenvalue weighted by molar-refractivity contribution is 7.09. The van der Waals surface area contributed by atoms with E-state index >= 15 is 0 Å². The number of thiophene rings is 1. The van der Waals surface area contributed by atoms with E-state index in [1.807, 2.05) is 17.5 Å². The maximum atomic E-state index is 13.5.